The summed E-state index contributed by atoms with van der Waals surface area (Å²) in [4.78, 5) is 16.6. The van der Waals surface area contributed by atoms with E-state index in [1.165, 1.54) is 35.1 Å². The summed E-state index contributed by atoms with van der Waals surface area (Å²) in [7, 11) is 0. The Morgan fingerprint density at radius 2 is 1.84 bits per heavy atom. The minimum absolute atomic E-state index is 0.0365. The lowest BCUT2D eigenvalue weighted by molar-refractivity contribution is -0.137. The summed E-state index contributed by atoms with van der Waals surface area (Å²) in [5.74, 6) is -1.03. The largest absolute Gasteiger partial charge is 0.416 e. The standard InChI is InChI=1S/C22H16F4N4O/c1-13-5-6-14(21(31)28-16-4-2-3-15(10-16)22(24,25)26)9-18(13)29-17-7-8-20(23)30-12-27-11-19(17)30/h2-12,29H,1H3,(H,28,31). The first kappa shape index (κ1) is 20.4. The normalized spacial score (nSPS) is 11.5. The molecule has 0 fully saturated rings. The van der Waals surface area contributed by atoms with Gasteiger partial charge in [-0.25, -0.2) is 4.98 Å². The van der Waals surface area contributed by atoms with Crippen LogP contribution in [0.4, 0.5) is 34.6 Å². The molecule has 0 bridgehead atoms. The molecule has 2 aromatic carbocycles. The second kappa shape index (κ2) is 7.75. The monoisotopic (exact) mass is 428 g/mol. The zero-order chi connectivity index (χ0) is 22.2. The van der Waals surface area contributed by atoms with Gasteiger partial charge in [0, 0.05) is 16.9 Å². The van der Waals surface area contributed by atoms with Gasteiger partial charge in [0.05, 0.1) is 23.0 Å². The van der Waals surface area contributed by atoms with Crippen molar-refractivity contribution >= 4 is 28.5 Å². The van der Waals surface area contributed by atoms with Gasteiger partial charge in [0.25, 0.3) is 5.91 Å². The van der Waals surface area contributed by atoms with Crippen LogP contribution in [0.25, 0.3) is 5.52 Å². The Morgan fingerprint density at radius 1 is 1.03 bits per heavy atom. The maximum Gasteiger partial charge on any atom is 0.416 e. The molecule has 0 saturated carbocycles. The van der Waals surface area contributed by atoms with Crippen LogP contribution in [0.3, 0.4) is 0 Å². The number of imidazole rings is 1. The zero-order valence-corrected chi connectivity index (χ0v) is 16.2. The van der Waals surface area contributed by atoms with Crippen molar-refractivity contribution < 1.29 is 22.4 Å². The van der Waals surface area contributed by atoms with Crippen molar-refractivity contribution in [3.8, 4) is 0 Å². The van der Waals surface area contributed by atoms with Crippen molar-refractivity contribution in [1.82, 2.24) is 9.38 Å². The molecule has 2 N–H and O–H groups in total. The third-order valence-corrected chi connectivity index (χ3v) is 4.75. The molecule has 0 radical (unpaired) electrons. The number of amides is 1. The molecule has 0 unspecified atom stereocenters. The summed E-state index contributed by atoms with van der Waals surface area (Å²) in [6, 6.07) is 12.1. The van der Waals surface area contributed by atoms with Crippen LogP contribution in [0.15, 0.2) is 67.1 Å². The SMILES string of the molecule is Cc1ccc(C(=O)Nc2cccc(C(F)(F)F)c2)cc1Nc1ccc(F)n2cncc12. The molecule has 0 aliphatic rings. The number of aromatic nitrogens is 2. The van der Waals surface area contributed by atoms with E-state index >= 15 is 0 Å². The quantitative estimate of drug-likeness (QED) is 0.319. The Balaban J connectivity index is 1.60. The van der Waals surface area contributed by atoms with Gasteiger partial charge in [-0.15, -0.1) is 0 Å². The molecule has 158 valence electrons. The smallest absolute Gasteiger partial charge is 0.354 e. The summed E-state index contributed by atoms with van der Waals surface area (Å²) >= 11 is 0. The van der Waals surface area contributed by atoms with Gasteiger partial charge in [0.2, 0.25) is 0 Å². The van der Waals surface area contributed by atoms with E-state index in [-0.39, 0.29) is 11.3 Å². The number of aryl methyl sites for hydroxylation is 1. The highest BCUT2D eigenvalue weighted by molar-refractivity contribution is 6.05. The number of nitrogens with zero attached hydrogens (tertiary/aromatic N) is 2. The highest BCUT2D eigenvalue weighted by Crippen LogP contribution is 2.31. The lowest BCUT2D eigenvalue weighted by Crippen LogP contribution is -2.13. The fourth-order valence-electron chi connectivity index (χ4n) is 3.11. The number of hydrogen-bond acceptors (Lipinski definition) is 3. The van der Waals surface area contributed by atoms with E-state index in [4.69, 9.17) is 0 Å². The van der Waals surface area contributed by atoms with Gasteiger partial charge >= 0.3 is 6.18 Å². The van der Waals surface area contributed by atoms with Gasteiger partial charge in [0.15, 0.2) is 5.95 Å². The number of fused-ring (bicyclic) bond motifs is 1. The highest BCUT2D eigenvalue weighted by atomic mass is 19.4. The van der Waals surface area contributed by atoms with Crippen molar-refractivity contribution in [2.45, 2.75) is 13.1 Å². The van der Waals surface area contributed by atoms with E-state index < -0.39 is 23.6 Å². The minimum atomic E-state index is -4.50. The first-order valence-corrected chi connectivity index (χ1v) is 9.19. The van der Waals surface area contributed by atoms with E-state index in [1.54, 1.807) is 24.3 Å². The summed E-state index contributed by atoms with van der Waals surface area (Å²) in [6.07, 6.45) is -1.65. The maximum absolute atomic E-state index is 13.9. The average molecular weight is 428 g/mol. The van der Waals surface area contributed by atoms with E-state index in [0.29, 0.717) is 16.9 Å². The van der Waals surface area contributed by atoms with Crippen molar-refractivity contribution in [2.24, 2.45) is 0 Å². The molecule has 0 atom stereocenters. The number of rotatable bonds is 4. The third kappa shape index (κ3) is 4.20. The van der Waals surface area contributed by atoms with Gasteiger partial charge in [-0.2, -0.15) is 17.6 Å². The lowest BCUT2D eigenvalue weighted by Gasteiger charge is -2.14. The number of benzene rings is 2. The summed E-state index contributed by atoms with van der Waals surface area (Å²) in [6.45, 7) is 1.83. The van der Waals surface area contributed by atoms with Gasteiger partial charge in [-0.1, -0.05) is 12.1 Å². The molecule has 2 heterocycles. The minimum Gasteiger partial charge on any atom is -0.354 e. The van der Waals surface area contributed by atoms with Crippen LogP contribution in [-0.4, -0.2) is 15.3 Å². The molecule has 0 aliphatic heterocycles. The molecule has 4 rings (SSSR count). The molecular formula is C22H16F4N4O. The number of alkyl halides is 3. The van der Waals surface area contributed by atoms with Gasteiger partial charge in [-0.05, 0) is 55.0 Å². The van der Waals surface area contributed by atoms with E-state index in [2.05, 4.69) is 15.6 Å². The number of nitrogens with one attached hydrogen (secondary N) is 2. The van der Waals surface area contributed by atoms with E-state index in [1.807, 2.05) is 6.92 Å². The third-order valence-electron chi connectivity index (χ3n) is 4.75. The molecule has 2 aromatic heterocycles. The predicted octanol–water partition coefficient (Wildman–Crippen LogP) is 5.80. The number of halogens is 4. The van der Waals surface area contributed by atoms with Crippen LogP contribution >= 0.6 is 0 Å². The van der Waals surface area contributed by atoms with Crippen LogP contribution in [0, 0.1) is 12.9 Å². The van der Waals surface area contributed by atoms with Crippen LogP contribution in [0.2, 0.25) is 0 Å². The fraction of sp³-hybridized carbons (Fsp3) is 0.0909. The van der Waals surface area contributed by atoms with Crippen molar-refractivity contribution in [3.05, 3.63) is 89.8 Å². The molecule has 0 saturated heterocycles. The van der Waals surface area contributed by atoms with Crippen LogP contribution in [0.1, 0.15) is 21.5 Å². The first-order valence-electron chi connectivity index (χ1n) is 9.19. The van der Waals surface area contributed by atoms with Gasteiger partial charge < -0.3 is 10.6 Å². The van der Waals surface area contributed by atoms with Crippen molar-refractivity contribution in [3.63, 3.8) is 0 Å². The molecular weight excluding hydrogens is 412 g/mol. The second-order valence-corrected chi connectivity index (χ2v) is 6.91. The van der Waals surface area contributed by atoms with Crippen LogP contribution in [-0.2, 0) is 6.18 Å². The lowest BCUT2D eigenvalue weighted by atomic mass is 10.1. The Bertz CT molecular complexity index is 1280. The summed E-state index contributed by atoms with van der Waals surface area (Å²) in [5.41, 5.74) is 1.93. The van der Waals surface area contributed by atoms with Crippen molar-refractivity contribution in [1.29, 1.82) is 0 Å². The predicted molar refractivity (Wildman–Crippen MR) is 109 cm³/mol. The molecule has 0 aliphatic carbocycles. The molecule has 31 heavy (non-hydrogen) atoms. The summed E-state index contributed by atoms with van der Waals surface area (Å²) in [5, 5.41) is 5.64. The number of hydrogen-bond donors (Lipinski definition) is 2. The molecule has 1 amide bonds. The van der Waals surface area contributed by atoms with E-state index in [0.717, 1.165) is 17.7 Å². The Labute approximate surface area is 174 Å². The Kier molecular flexibility index (Phi) is 5.10. The fourth-order valence-corrected chi connectivity index (χ4v) is 3.11. The second-order valence-electron chi connectivity index (χ2n) is 6.91. The first-order chi connectivity index (χ1) is 14.7. The Morgan fingerprint density at radius 3 is 2.61 bits per heavy atom. The molecule has 5 nitrogen and oxygen atoms in total. The van der Waals surface area contributed by atoms with Gasteiger partial charge in [-0.3, -0.25) is 9.20 Å². The number of carbonyl (C=O) groups is 1. The number of carbonyl (C=O) groups excluding carboxylic acids is 1. The molecule has 9 heteroatoms. The van der Waals surface area contributed by atoms with Crippen molar-refractivity contribution in [2.75, 3.05) is 10.6 Å². The Hall–Kier alpha value is -3.88. The van der Waals surface area contributed by atoms with E-state index in [9.17, 15) is 22.4 Å². The molecule has 4 aromatic rings. The van der Waals surface area contributed by atoms with Crippen LogP contribution < -0.4 is 10.6 Å². The average Bonchev–Trinajstić information content (AvgIpc) is 3.22. The maximum atomic E-state index is 13.9. The topological polar surface area (TPSA) is 58.4 Å². The molecule has 0 spiro atoms. The zero-order valence-electron chi connectivity index (χ0n) is 16.2. The number of pyridine rings is 1. The highest BCUT2D eigenvalue weighted by Gasteiger charge is 2.30. The summed E-state index contributed by atoms with van der Waals surface area (Å²) < 4.78 is 53.8. The van der Waals surface area contributed by atoms with Crippen LogP contribution in [0.5, 0.6) is 0 Å². The van der Waals surface area contributed by atoms with Gasteiger partial charge in [0.1, 0.15) is 6.33 Å². The number of anilines is 3.